The molecule has 112 valence electrons. The monoisotopic (exact) mass is 289 g/mol. The van der Waals surface area contributed by atoms with Crippen LogP contribution < -0.4 is 9.64 Å². The van der Waals surface area contributed by atoms with Crippen molar-refractivity contribution in [3.8, 4) is 5.88 Å². The number of methoxy groups -OCH3 is 2. The SMILES string of the molecule is COCC1CN(c2cc(OC)ncn2)Cc2cncn2C1. The predicted molar refractivity (Wildman–Crippen MR) is 77.2 cm³/mol. The van der Waals surface area contributed by atoms with Crippen molar-refractivity contribution in [3.05, 3.63) is 30.6 Å². The summed E-state index contributed by atoms with van der Waals surface area (Å²) in [5.74, 6) is 1.81. The maximum absolute atomic E-state index is 5.34. The van der Waals surface area contributed by atoms with Crippen LogP contribution in [0.5, 0.6) is 5.88 Å². The molecule has 0 radical (unpaired) electrons. The Bertz CT molecular complexity index is 601. The molecule has 1 aliphatic rings. The van der Waals surface area contributed by atoms with Gasteiger partial charge in [0.1, 0.15) is 12.1 Å². The van der Waals surface area contributed by atoms with Crippen molar-refractivity contribution in [2.75, 3.05) is 32.3 Å². The molecule has 21 heavy (non-hydrogen) atoms. The molecule has 7 heteroatoms. The predicted octanol–water partition coefficient (Wildman–Crippen LogP) is 0.964. The van der Waals surface area contributed by atoms with Crippen molar-refractivity contribution in [2.24, 2.45) is 5.92 Å². The number of hydrogen-bond donors (Lipinski definition) is 0. The molecule has 7 nitrogen and oxygen atoms in total. The minimum Gasteiger partial charge on any atom is -0.481 e. The van der Waals surface area contributed by atoms with Crippen LogP contribution in [0.15, 0.2) is 24.9 Å². The number of hydrogen-bond acceptors (Lipinski definition) is 6. The van der Waals surface area contributed by atoms with Crippen molar-refractivity contribution in [1.82, 2.24) is 19.5 Å². The van der Waals surface area contributed by atoms with Gasteiger partial charge < -0.3 is 18.9 Å². The summed E-state index contributed by atoms with van der Waals surface area (Å²) in [6, 6.07) is 1.86. The average molecular weight is 289 g/mol. The second-order valence-electron chi connectivity index (χ2n) is 5.16. The van der Waals surface area contributed by atoms with Crippen LogP contribution in [0.1, 0.15) is 5.69 Å². The van der Waals surface area contributed by atoms with E-state index in [1.54, 1.807) is 14.2 Å². The molecule has 0 saturated carbocycles. The maximum atomic E-state index is 5.34. The first-order valence-corrected chi connectivity index (χ1v) is 6.89. The van der Waals surface area contributed by atoms with Gasteiger partial charge in [0, 0.05) is 38.4 Å². The summed E-state index contributed by atoms with van der Waals surface area (Å²) in [7, 11) is 3.34. The summed E-state index contributed by atoms with van der Waals surface area (Å²) < 4.78 is 12.7. The third-order valence-corrected chi connectivity index (χ3v) is 3.65. The fourth-order valence-corrected chi connectivity index (χ4v) is 2.68. The number of nitrogens with zero attached hydrogens (tertiary/aromatic N) is 5. The van der Waals surface area contributed by atoms with Gasteiger partial charge in [-0.2, -0.15) is 0 Å². The molecule has 0 fully saturated rings. The maximum Gasteiger partial charge on any atom is 0.218 e. The van der Waals surface area contributed by atoms with Crippen molar-refractivity contribution in [1.29, 1.82) is 0 Å². The molecule has 0 aromatic carbocycles. The lowest BCUT2D eigenvalue weighted by Gasteiger charge is -2.24. The van der Waals surface area contributed by atoms with E-state index in [-0.39, 0.29) is 0 Å². The quantitative estimate of drug-likeness (QED) is 0.835. The Morgan fingerprint density at radius 1 is 1.29 bits per heavy atom. The molecule has 0 saturated heterocycles. The van der Waals surface area contributed by atoms with E-state index in [0.717, 1.165) is 25.5 Å². The van der Waals surface area contributed by atoms with Crippen molar-refractivity contribution < 1.29 is 9.47 Å². The Hall–Kier alpha value is -2.15. The van der Waals surface area contributed by atoms with E-state index in [1.165, 1.54) is 12.0 Å². The summed E-state index contributed by atoms with van der Waals surface area (Å²) in [6.07, 6.45) is 5.31. The molecule has 1 aliphatic heterocycles. The van der Waals surface area contributed by atoms with Gasteiger partial charge in [0.25, 0.3) is 0 Å². The van der Waals surface area contributed by atoms with Crippen LogP contribution in [0.2, 0.25) is 0 Å². The Kier molecular flexibility index (Phi) is 4.01. The third kappa shape index (κ3) is 2.97. The first-order valence-electron chi connectivity index (χ1n) is 6.89. The van der Waals surface area contributed by atoms with E-state index in [0.29, 0.717) is 18.4 Å². The molecular formula is C14H19N5O2. The molecule has 0 N–H and O–H groups in total. The van der Waals surface area contributed by atoms with E-state index in [2.05, 4.69) is 24.4 Å². The molecule has 3 rings (SSSR count). The van der Waals surface area contributed by atoms with Crippen LogP contribution in [-0.4, -0.2) is 46.9 Å². The van der Waals surface area contributed by atoms with Gasteiger partial charge in [-0.3, -0.25) is 0 Å². The van der Waals surface area contributed by atoms with Crippen LogP contribution in [0.25, 0.3) is 0 Å². The van der Waals surface area contributed by atoms with Crippen LogP contribution in [0.3, 0.4) is 0 Å². The van der Waals surface area contributed by atoms with Crippen LogP contribution in [-0.2, 0) is 17.8 Å². The Morgan fingerprint density at radius 2 is 2.19 bits per heavy atom. The Balaban J connectivity index is 1.89. The second kappa shape index (κ2) is 6.09. The first-order chi connectivity index (χ1) is 10.3. The summed E-state index contributed by atoms with van der Waals surface area (Å²) in [6.45, 7) is 3.24. The molecule has 1 atom stereocenters. The highest BCUT2D eigenvalue weighted by Crippen LogP contribution is 2.23. The van der Waals surface area contributed by atoms with E-state index in [4.69, 9.17) is 9.47 Å². The van der Waals surface area contributed by atoms with Gasteiger partial charge in [-0.15, -0.1) is 0 Å². The minimum atomic E-state index is 0.381. The Labute approximate surface area is 123 Å². The number of rotatable bonds is 4. The number of aromatic nitrogens is 4. The van der Waals surface area contributed by atoms with E-state index in [1.807, 2.05) is 18.6 Å². The highest BCUT2D eigenvalue weighted by atomic mass is 16.5. The van der Waals surface area contributed by atoms with Gasteiger partial charge in [-0.1, -0.05) is 0 Å². The molecule has 2 aromatic rings. The van der Waals surface area contributed by atoms with Crippen molar-refractivity contribution in [3.63, 3.8) is 0 Å². The normalized spacial score (nSPS) is 18.2. The summed E-state index contributed by atoms with van der Waals surface area (Å²) >= 11 is 0. The van der Waals surface area contributed by atoms with Gasteiger partial charge >= 0.3 is 0 Å². The number of imidazole rings is 1. The summed E-state index contributed by atoms with van der Waals surface area (Å²) in [4.78, 5) is 14.9. The fourth-order valence-electron chi connectivity index (χ4n) is 2.68. The van der Waals surface area contributed by atoms with Gasteiger partial charge in [-0.05, 0) is 0 Å². The Morgan fingerprint density at radius 3 is 3.00 bits per heavy atom. The largest absolute Gasteiger partial charge is 0.481 e. The van der Waals surface area contributed by atoms with Gasteiger partial charge in [0.15, 0.2) is 0 Å². The highest BCUT2D eigenvalue weighted by Gasteiger charge is 2.23. The fraction of sp³-hybridized carbons (Fsp3) is 0.500. The van der Waals surface area contributed by atoms with Gasteiger partial charge in [-0.25, -0.2) is 15.0 Å². The lowest BCUT2D eigenvalue weighted by molar-refractivity contribution is 0.147. The van der Waals surface area contributed by atoms with E-state index >= 15 is 0 Å². The zero-order chi connectivity index (χ0) is 14.7. The standard InChI is InChI=1S/C14H19N5O2/c1-20-8-11-5-18(7-12-4-15-10-19(12)6-11)13-3-14(21-2)17-9-16-13/h3-4,9-11H,5-8H2,1-2H3. The molecule has 2 aromatic heterocycles. The molecule has 3 heterocycles. The molecule has 0 amide bonds. The molecule has 0 aliphatic carbocycles. The van der Waals surface area contributed by atoms with Crippen LogP contribution >= 0.6 is 0 Å². The molecule has 1 unspecified atom stereocenters. The number of anilines is 1. The van der Waals surface area contributed by atoms with E-state index < -0.39 is 0 Å². The highest BCUT2D eigenvalue weighted by molar-refractivity contribution is 5.41. The lowest BCUT2D eigenvalue weighted by Crippen LogP contribution is -2.30. The third-order valence-electron chi connectivity index (χ3n) is 3.65. The first kappa shape index (κ1) is 13.8. The van der Waals surface area contributed by atoms with Gasteiger partial charge in [0.05, 0.1) is 32.3 Å². The van der Waals surface area contributed by atoms with Crippen LogP contribution in [0.4, 0.5) is 5.82 Å². The zero-order valence-electron chi connectivity index (χ0n) is 12.3. The summed E-state index contributed by atoms with van der Waals surface area (Å²) in [5.41, 5.74) is 1.17. The lowest BCUT2D eigenvalue weighted by atomic mass is 10.1. The second-order valence-corrected chi connectivity index (χ2v) is 5.16. The van der Waals surface area contributed by atoms with Crippen LogP contribution in [0, 0.1) is 5.92 Å². The summed E-state index contributed by atoms with van der Waals surface area (Å²) in [5, 5.41) is 0. The molecular weight excluding hydrogens is 270 g/mol. The molecule has 0 bridgehead atoms. The zero-order valence-corrected chi connectivity index (χ0v) is 12.3. The molecule has 0 spiro atoms. The number of fused-ring (bicyclic) bond motifs is 1. The minimum absolute atomic E-state index is 0.381. The average Bonchev–Trinajstić information content (AvgIpc) is 2.86. The van der Waals surface area contributed by atoms with Gasteiger partial charge in [0.2, 0.25) is 5.88 Å². The van der Waals surface area contributed by atoms with Crippen molar-refractivity contribution in [2.45, 2.75) is 13.1 Å². The van der Waals surface area contributed by atoms with Crippen molar-refractivity contribution >= 4 is 5.82 Å². The number of ether oxygens (including phenoxy) is 2. The van der Waals surface area contributed by atoms with E-state index in [9.17, 15) is 0 Å². The smallest absolute Gasteiger partial charge is 0.218 e. The topological polar surface area (TPSA) is 65.3 Å².